The summed E-state index contributed by atoms with van der Waals surface area (Å²) in [4.78, 5) is 11.5. The summed E-state index contributed by atoms with van der Waals surface area (Å²) in [5.74, 6) is 0.580. The largest absolute Gasteiger partial charge is 0.350 e. The molecule has 0 aliphatic carbocycles. The molecule has 0 saturated carbocycles. The van der Waals surface area contributed by atoms with Crippen LogP contribution in [0.25, 0.3) is 0 Å². The molecular weight excluding hydrogens is 289 g/mol. The maximum Gasteiger partial charge on any atom is 0.220 e. The molecule has 1 rings (SSSR count). The topological polar surface area (TPSA) is 29.1 Å². The van der Waals surface area contributed by atoms with Crippen LogP contribution in [0.15, 0.2) is 28.7 Å². The maximum absolute atomic E-state index is 11.5. The van der Waals surface area contributed by atoms with E-state index in [0.717, 1.165) is 16.5 Å². The van der Waals surface area contributed by atoms with Crippen molar-refractivity contribution in [1.82, 2.24) is 5.32 Å². The molecular formula is C12H15BrClNO. The van der Waals surface area contributed by atoms with Crippen molar-refractivity contribution in [2.24, 2.45) is 0 Å². The summed E-state index contributed by atoms with van der Waals surface area (Å²) in [5.41, 5.74) is 1.10. The first-order valence-electron chi connectivity index (χ1n) is 5.24. The van der Waals surface area contributed by atoms with Gasteiger partial charge in [0.1, 0.15) is 0 Å². The fourth-order valence-electron chi connectivity index (χ4n) is 1.38. The first-order chi connectivity index (χ1) is 7.63. The number of halogens is 2. The number of rotatable bonds is 5. The fraction of sp³-hybridized carbons (Fsp3) is 0.417. The predicted molar refractivity (Wildman–Crippen MR) is 70.7 cm³/mol. The summed E-state index contributed by atoms with van der Waals surface area (Å²) in [5, 5.41) is 2.94. The number of hydrogen-bond acceptors (Lipinski definition) is 1. The zero-order valence-corrected chi connectivity index (χ0v) is 11.5. The molecule has 4 heteroatoms. The Kier molecular flexibility index (Phi) is 5.85. The number of nitrogens with one attached hydrogen (secondary N) is 1. The van der Waals surface area contributed by atoms with Gasteiger partial charge in [-0.3, -0.25) is 4.79 Å². The Bertz CT molecular complexity index is 339. The average Bonchev–Trinajstić information content (AvgIpc) is 2.27. The van der Waals surface area contributed by atoms with Gasteiger partial charge in [-0.05, 0) is 31.0 Å². The van der Waals surface area contributed by atoms with Crippen molar-refractivity contribution in [2.45, 2.75) is 25.8 Å². The van der Waals surface area contributed by atoms with Gasteiger partial charge in [-0.15, -0.1) is 11.6 Å². The van der Waals surface area contributed by atoms with E-state index >= 15 is 0 Å². The Balaban J connectivity index is 2.48. The second kappa shape index (κ2) is 6.92. The monoisotopic (exact) mass is 303 g/mol. The normalized spacial score (nSPS) is 12.2. The number of alkyl halides is 1. The molecule has 0 unspecified atom stereocenters. The van der Waals surface area contributed by atoms with E-state index in [2.05, 4.69) is 21.2 Å². The van der Waals surface area contributed by atoms with Crippen LogP contribution < -0.4 is 5.32 Å². The molecule has 0 spiro atoms. The first-order valence-corrected chi connectivity index (χ1v) is 6.57. The van der Waals surface area contributed by atoms with E-state index in [1.165, 1.54) is 0 Å². The van der Waals surface area contributed by atoms with Crippen molar-refractivity contribution >= 4 is 33.4 Å². The summed E-state index contributed by atoms with van der Waals surface area (Å²) in [7, 11) is 0. The third kappa shape index (κ3) is 4.54. The summed E-state index contributed by atoms with van der Waals surface area (Å²) in [6.45, 7) is 1.97. The minimum absolute atomic E-state index is 0.0379. The molecule has 0 saturated heterocycles. The molecule has 0 heterocycles. The summed E-state index contributed by atoms with van der Waals surface area (Å²) in [6.07, 6.45) is 1.21. The maximum atomic E-state index is 11.5. The predicted octanol–water partition coefficient (Wildman–Crippen LogP) is 3.65. The second-order valence-corrected chi connectivity index (χ2v) is 4.93. The van der Waals surface area contributed by atoms with Crippen LogP contribution in [0.3, 0.4) is 0 Å². The van der Waals surface area contributed by atoms with Gasteiger partial charge < -0.3 is 5.32 Å². The van der Waals surface area contributed by atoms with Gasteiger partial charge in [0.05, 0.1) is 6.04 Å². The van der Waals surface area contributed by atoms with E-state index in [1.54, 1.807) is 0 Å². The van der Waals surface area contributed by atoms with E-state index < -0.39 is 0 Å². The van der Waals surface area contributed by atoms with Gasteiger partial charge >= 0.3 is 0 Å². The average molecular weight is 305 g/mol. The highest BCUT2D eigenvalue weighted by Crippen LogP contribution is 2.16. The first kappa shape index (κ1) is 13.5. The van der Waals surface area contributed by atoms with Crippen molar-refractivity contribution in [1.29, 1.82) is 0 Å². The molecule has 1 atom stereocenters. The van der Waals surface area contributed by atoms with Crippen LogP contribution in [0.4, 0.5) is 0 Å². The molecule has 0 radical (unpaired) electrons. The third-order valence-corrected chi connectivity index (χ3v) is 3.08. The Morgan fingerprint density at radius 3 is 2.62 bits per heavy atom. The van der Waals surface area contributed by atoms with Gasteiger partial charge in [0, 0.05) is 16.8 Å². The van der Waals surface area contributed by atoms with E-state index in [1.807, 2.05) is 31.2 Å². The summed E-state index contributed by atoms with van der Waals surface area (Å²) >= 11 is 8.91. The molecule has 0 aliphatic heterocycles. The smallest absolute Gasteiger partial charge is 0.220 e. The number of carbonyl (C=O) groups is 1. The lowest BCUT2D eigenvalue weighted by atomic mass is 10.1. The Morgan fingerprint density at radius 2 is 2.06 bits per heavy atom. The lowest BCUT2D eigenvalue weighted by Gasteiger charge is -2.14. The Morgan fingerprint density at radius 1 is 1.44 bits per heavy atom. The zero-order chi connectivity index (χ0) is 12.0. The molecule has 0 fully saturated rings. The fourth-order valence-corrected chi connectivity index (χ4v) is 1.77. The van der Waals surface area contributed by atoms with Crippen LogP contribution >= 0.6 is 27.5 Å². The number of carbonyl (C=O) groups excluding carboxylic acids is 1. The van der Waals surface area contributed by atoms with Crippen LogP contribution in [0.2, 0.25) is 0 Å². The Labute approximate surface area is 110 Å². The zero-order valence-electron chi connectivity index (χ0n) is 9.17. The van der Waals surface area contributed by atoms with Crippen LogP contribution in [-0.4, -0.2) is 11.8 Å². The van der Waals surface area contributed by atoms with Crippen molar-refractivity contribution in [2.75, 3.05) is 5.88 Å². The van der Waals surface area contributed by atoms with E-state index in [9.17, 15) is 4.79 Å². The molecule has 2 nitrogen and oxygen atoms in total. The second-order valence-electron chi connectivity index (χ2n) is 3.63. The van der Waals surface area contributed by atoms with Crippen molar-refractivity contribution in [3.05, 3.63) is 34.3 Å². The van der Waals surface area contributed by atoms with Crippen molar-refractivity contribution < 1.29 is 4.79 Å². The summed E-state index contributed by atoms with van der Waals surface area (Å²) < 4.78 is 1.04. The van der Waals surface area contributed by atoms with Gasteiger partial charge in [-0.1, -0.05) is 28.1 Å². The van der Waals surface area contributed by atoms with Crippen LogP contribution in [0.1, 0.15) is 31.4 Å². The molecule has 16 heavy (non-hydrogen) atoms. The van der Waals surface area contributed by atoms with Gasteiger partial charge in [0.2, 0.25) is 5.91 Å². The molecule has 1 aromatic rings. The van der Waals surface area contributed by atoms with Gasteiger partial charge in [-0.2, -0.15) is 0 Å². The van der Waals surface area contributed by atoms with E-state index in [-0.39, 0.29) is 11.9 Å². The molecule has 0 aliphatic rings. The highest BCUT2D eigenvalue weighted by Gasteiger charge is 2.08. The van der Waals surface area contributed by atoms with Crippen LogP contribution in [0, 0.1) is 0 Å². The standard InChI is InChI=1S/C12H15BrClNO/c1-9(15-12(16)3-2-8-14)10-4-6-11(13)7-5-10/h4-7,9H,2-3,8H2,1H3,(H,15,16)/t9-/m0/s1. The van der Waals surface area contributed by atoms with Gasteiger partial charge in [0.15, 0.2) is 0 Å². The van der Waals surface area contributed by atoms with Crippen LogP contribution in [0.5, 0.6) is 0 Å². The Hall–Kier alpha value is -0.540. The van der Waals surface area contributed by atoms with Crippen molar-refractivity contribution in [3.63, 3.8) is 0 Å². The highest BCUT2D eigenvalue weighted by atomic mass is 79.9. The SMILES string of the molecule is C[C@H](NC(=O)CCCCl)c1ccc(Br)cc1. The molecule has 1 amide bonds. The van der Waals surface area contributed by atoms with Crippen LogP contribution in [-0.2, 0) is 4.79 Å². The van der Waals surface area contributed by atoms with E-state index in [0.29, 0.717) is 12.3 Å². The number of amides is 1. The van der Waals surface area contributed by atoms with Gasteiger partial charge in [0.25, 0.3) is 0 Å². The molecule has 88 valence electrons. The summed E-state index contributed by atoms with van der Waals surface area (Å²) in [6, 6.07) is 7.97. The number of hydrogen-bond donors (Lipinski definition) is 1. The minimum atomic E-state index is 0.0379. The molecule has 1 aromatic carbocycles. The van der Waals surface area contributed by atoms with E-state index in [4.69, 9.17) is 11.6 Å². The molecule has 1 N–H and O–H groups in total. The quantitative estimate of drug-likeness (QED) is 0.827. The molecule has 0 bridgehead atoms. The van der Waals surface area contributed by atoms with Crippen molar-refractivity contribution in [3.8, 4) is 0 Å². The molecule has 0 aromatic heterocycles. The van der Waals surface area contributed by atoms with Gasteiger partial charge in [-0.25, -0.2) is 0 Å². The lowest BCUT2D eigenvalue weighted by molar-refractivity contribution is -0.121. The third-order valence-electron chi connectivity index (χ3n) is 2.28. The minimum Gasteiger partial charge on any atom is -0.350 e. The lowest BCUT2D eigenvalue weighted by Crippen LogP contribution is -2.26. The highest BCUT2D eigenvalue weighted by molar-refractivity contribution is 9.10. The number of benzene rings is 1.